The predicted octanol–water partition coefficient (Wildman–Crippen LogP) is 3.74. The SMILES string of the molecule is CCOC(=O)NC1=Nc2ccccc2CN1Cc1ccccc1C. The molecule has 0 fully saturated rings. The molecule has 124 valence electrons. The topological polar surface area (TPSA) is 53.9 Å². The second-order valence-electron chi connectivity index (χ2n) is 5.69. The molecular formula is C19H21N3O2. The van der Waals surface area contributed by atoms with Crippen molar-refractivity contribution in [2.45, 2.75) is 26.9 Å². The Morgan fingerprint density at radius 3 is 2.75 bits per heavy atom. The lowest BCUT2D eigenvalue weighted by molar-refractivity contribution is 0.156. The van der Waals surface area contributed by atoms with E-state index < -0.39 is 6.09 Å². The number of aliphatic imine (C=N–C) groups is 1. The van der Waals surface area contributed by atoms with Gasteiger partial charge in [0.15, 0.2) is 0 Å². The van der Waals surface area contributed by atoms with Gasteiger partial charge in [-0.15, -0.1) is 0 Å². The van der Waals surface area contributed by atoms with Crippen LogP contribution in [-0.4, -0.2) is 23.6 Å². The first-order chi connectivity index (χ1) is 11.7. The maximum absolute atomic E-state index is 11.8. The molecule has 0 aliphatic carbocycles. The number of carbonyl (C=O) groups is 1. The minimum atomic E-state index is -0.481. The van der Waals surface area contributed by atoms with Gasteiger partial charge in [0.2, 0.25) is 5.96 Å². The molecule has 1 aliphatic heterocycles. The van der Waals surface area contributed by atoms with Crippen LogP contribution in [0.2, 0.25) is 0 Å². The summed E-state index contributed by atoms with van der Waals surface area (Å²) in [6.07, 6.45) is -0.481. The van der Waals surface area contributed by atoms with Gasteiger partial charge < -0.3 is 9.64 Å². The molecule has 2 aromatic carbocycles. The van der Waals surface area contributed by atoms with Gasteiger partial charge in [-0.1, -0.05) is 42.5 Å². The van der Waals surface area contributed by atoms with Gasteiger partial charge in [-0.25, -0.2) is 9.79 Å². The van der Waals surface area contributed by atoms with E-state index in [1.165, 1.54) is 11.1 Å². The third-order valence-corrected chi connectivity index (χ3v) is 3.99. The van der Waals surface area contributed by atoms with Gasteiger partial charge in [0.1, 0.15) is 0 Å². The summed E-state index contributed by atoms with van der Waals surface area (Å²) in [5, 5.41) is 2.77. The number of guanidine groups is 1. The van der Waals surface area contributed by atoms with Crippen LogP contribution in [-0.2, 0) is 17.8 Å². The first kappa shape index (κ1) is 16.1. The fourth-order valence-electron chi connectivity index (χ4n) is 2.71. The molecule has 5 heteroatoms. The number of nitrogens with zero attached hydrogens (tertiary/aromatic N) is 2. The lowest BCUT2D eigenvalue weighted by Gasteiger charge is -2.30. The highest BCUT2D eigenvalue weighted by molar-refractivity contribution is 5.96. The van der Waals surface area contributed by atoms with Crippen LogP contribution in [0.25, 0.3) is 0 Å². The van der Waals surface area contributed by atoms with Crippen molar-refractivity contribution < 1.29 is 9.53 Å². The average Bonchev–Trinajstić information content (AvgIpc) is 2.57. The normalized spacial score (nSPS) is 13.1. The van der Waals surface area contributed by atoms with E-state index >= 15 is 0 Å². The van der Waals surface area contributed by atoms with E-state index in [1.54, 1.807) is 6.92 Å². The minimum Gasteiger partial charge on any atom is -0.450 e. The van der Waals surface area contributed by atoms with Crippen LogP contribution in [0.5, 0.6) is 0 Å². The van der Waals surface area contributed by atoms with Crippen molar-refractivity contribution in [3.8, 4) is 0 Å². The van der Waals surface area contributed by atoms with Crippen LogP contribution in [0, 0.1) is 6.92 Å². The van der Waals surface area contributed by atoms with Crippen LogP contribution < -0.4 is 5.32 Å². The number of carbonyl (C=O) groups excluding carboxylic acids is 1. The number of hydrogen-bond donors (Lipinski definition) is 1. The quantitative estimate of drug-likeness (QED) is 0.936. The van der Waals surface area contributed by atoms with Crippen molar-refractivity contribution >= 4 is 17.7 Å². The molecule has 2 aromatic rings. The maximum atomic E-state index is 11.8. The Morgan fingerprint density at radius 2 is 1.96 bits per heavy atom. The molecule has 0 atom stereocenters. The zero-order chi connectivity index (χ0) is 16.9. The first-order valence-corrected chi connectivity index (χ1v) is 8.07. The predicted molar refractivity (Wildman–Crippen MR) is 94.1 cm³/mol. The number of fused-ring (bicyclic) bond motifs is 1. The van der Waals surface area contributed by atoms with Gasteiger partial charge in [-0.2, -0.15) is 0 Å². The number of hydrogen-bond acceptors (Lipinski definition) is 4. The Balaban J connectivity index is 1.88. The largest absolute Gasteiger partial charge is 0.450 e. The van der Waals surface area contributed by atoms with Crippen LogP contribution >= 0.6 is 0 Å². The zero-order valence-electron chi connectivity index (χ0n) is 14.0. The summed E-state index contributed by atoms with van der Waals surface area (Å²) >= 11 is 0. The number of ether oxygens (including phenoxy) is 1. The van der Waals surface area contributed by atoms with Crippen LogP contribution in [0.15, 0.2) is 53.5 Å². The Hall–Kier alpha value is -2.82. The van der Waals surface area contributed by atoms with Crippen molar-refractivity contribution in [3.05, 3.63) is 65.2 Å². The van der Waals surface area contributed by atoms with E-state index in [-0.39, 0.29) is 0 Å². The molecule has 0 saturated heterocycles. The number of aryl methyl sites for hydroxylation is 1. The number of para-hydroxylation sites is 1. The van der Waals surface area contributed by atoms with Crippen LogP contribution in [0.4, 0.5) is 10.5 Å². The monoisotopic (exact) mass is 323 g/mol. The maximum Gasteiger partial charge on any atom is 0.413 e. The van der Waals surface area contributed by atoms with Gasteiger partial charge in [-0.3, -0.25) is 5.32 Å². The van der Waals surface area contributed by atoms with E-state index in [9.17, 15) is 4.79 Å². The number of alkyl carbamates (subject to hydrolysis) is 1. The average molecular weight is 323 g/mol. The summed E-state index contributed by atoms with van der Waals surface area (Å²) in [6, 6.07) is 16.2. The van der Waals surface area contributed by atoms with Gasteiger partial charge in [0.05, 0.1) is 12.3 Å². The van der Waals surface area contributed by atoms with Crippen molar-refractivity contribution in [2.75, 3.05) is 6.61 Å². The molecular weight excluding hydrogens is 302 g/mol. The molecule has 1 heterocycles. The third kappa shape index (κ3) is 3.56. The van der Waals surface area contributed by atoms with Gasteiger partial charge >= 0.3 is 6.09 Å². The molecule has 1 amide bonds. The summed E-state index contributed by atoms with van der Waals surface area (Å²) in [6.45, 7) is 5.56. The smallest absolute Gasteiger partial charge is 0.413 e. The fraction of sp³-hybridized carbons (Fsp3) is 0.263. The number of benzene rings is 2. The second kappa shape index (κ2) is 7.17. The zero-order valence-corrected chi connectivity index (χ0v) is 14.0. The van der Waals surface area contributed by atoms with Crippen LogP contribution in [0.3, 0.4) is 0 Å². The number of nitrogens with one attached hydrogen (secondary N) is 1. The molecule has 1 N–H and O–H groups in total. The van der Waals surface area contributed by atoms with Crippen LogP contribution in [0.1, 0.15) is 23.6 Å². The standard InChI is InChI=1S/C19H21N3O2/c1-3-24-19(23)21-18-20-17-11-7-6-10-16(17)13-22(18)12-15-9-5-4-8-14(15)2/h4-11H,3,12-13H2,1-2H3,(H,20,21,23). The van der Waals surface area contributed by atoms with E-state index in [0.717, 1.165) is 11.3 Å². The van der Waals surface area contributed by atoms with E-state index in [4.69, 9.17) is 4.74 Å². The molecule has 0 radical (unpaired) electrons. The first-order valence-electron chi connectivity index (χ1n) is 8.07. The lowest BCUT2D eigenvalue weighted by atomic mass is 10.1. The van der Waals surface area contributed by atoms with Crippen molar-refractivity contribution in [3.63, 3.8) is 0 Å². The van der Waals surface area contributed by atoms with Crippen molar-refractivity contribution in [1.29, 1.82) is 0 Å². The number of rotatable bonds is 3. The fourth-order valence-corrected chi connectivity index (χ4v) is 2.71. The van der Waals surface area contributed by atoms with Crippen molar-refractivity contribution in [2.24, 2.45) is 4.99 Å². The van der Waals surface area contributed by atoms with E-state index in [2.05, 4.69) is 40.3 Å². The molecule has 0 saturated carbocycles. The molecule has 24 heavy (non-hydrogen) atoms. The summed E-state index contributed by atoms with van der Waals surface area (Å²) < 4.78 is 5.00. The molecule has 0 unspecified atom stereocenters. The minimum absolute atomic E-state index is 0.327. The summed E-state index contributed by atoms with van der Waals surface area (Å²) in [5.41, 5.74) is 4.44. The van der Waals surface area contributed by atoms with E-state index in [1.807, 2.05) is 30.3 Å². The Kier molecular flexibility index (Phi) is 4.79. The molecule has 0 aromatic heterocycles. The summed E-state index contributed by atoms with van der Waals surface area (Å²) in [5.74, 6) is 0.524. The summed E-state index contributed by atoms with van der Waals surface area (Å²) in [4.78, 5) is 18.5. The van der Waals surface area contributed by atoms with Gasteiger partial charge in [-0.05, 0) is 36.6 Å². The Bertz CT molecular complexity index is 771. The third-order valence-electron chi connectivity index (χ3n) is 3.99. The molecule has 0 bridgehead atoms. The van der Waals surface area contributed by atoms with Gasteiger partial charge in [0, 0.05) is 13.1 Å². The molecule has 3 rings (SSSR count). The molecule has 5 nitrogen and oxygen atoms in total. The number of amides is 1. The van der Waals surface area contributed by atoms with Gasteiger partial charge in [0.25, 0.3) is 0 Å². The highest BCUT2D eigenvalue weighted by Gasteiger charge is 2.22. The summed E-state index contributed by atoms with van der Waals surface area (Å²) in [7, 11) is 0. The highest BCUT2D eigenvalue weighted by atomic mass is 16.5. The Morgan fingerprint density at radius 1 is 1.21 bits per heavy atom. The van der Waals surface area contributed by atoms with Crippen molar-refractivity contribution in [1.82, 2.24) is 10.2 Å². The lowest BCUT2D eigenvalue weighted by Crippen LogP contribution is -2.45. The molecule has 1 aliphatic rings. The Labute approximate surface area is 142 Å². The van der Waals surface area contributed by atoms with E-state index in [0.29, 0.717) is 25.7 Å². The highest BCUT2D eigenvalue weighted by Crippen LogP contribution is 2.26. The second-order valence-corrected chi connectivity index (χ2v) is 5.69. The molecule has 0 spiro atoms.